The maximum atomic E-state index is 17.1. The number of β-amino-alcohol motifs (C(OH)–C–C–N with tert-alkyl or cyclic N) is 1. The number of anilines is 1. The van der Waals surface area contributed by atoms with Crippen molar-refractivity contribution in [1.82, 2.24) is 19.9 Å². The smallest absolute Gasteiger partial charge is 0.319 e. The monoisotopic (exact) mass is 687 g/mol. The molecule has 7 rings (SSSR count). The Morgan fingerprint density at radius 1 is 1.06 bits per heavy atom. The highest BCUT2D eigenvalue weighted by Crippen LogP contribution is 2.49. The van der Waals surface area contributed by atoms with E-state index in [0.717, 1.165) is 45.1 Å². The molecule has 264 valence electrons. The second-order valence-electron chi connectivity index (χ2n) is 14.4. The zero-order valence-corrected chi connectivity index (χ0v) is 28.8. The van der Waals surface area contributed by atoms with E-state index in [9.17, 15) is 14.6 Å². The minimum atomic E-state index is -0.824. The van der Waals surface area contributed by atoms with E-state index in [0.29, 0.717) is 50.7 Å². The van der Waals surface area contributed by atoms with E-state index in [1.807, 2.05) is 18.7 Å². The van der Waals surface area contributed by atoms with Crippen molar-refractivity contribution >= 4 is 27.5 Å². The maximum absolute atomic E-state index is 17.1. The van der Waals surface area contributed by atoms with E-state index in [1.54, 1.807) is 0 Å². The van der Waals surface area contributed by atoms with Crippen LogP contribution in [0.2, 0.25) is 0 Å². The zero-order chi connectivity index (χ0) is 35.2. The van der Waals surface area contributed by atoms with E-state index < -0.39 is 17.2 Å². The summed E-state index contributed by atoms with van der Waals surface area (Å²) in [5.41, 5.74) is -1.26. The van der Waals surface area contributed by atoms with Crippen LogP contribution in [-0.2, 0) is 4.74 Å². The average Bonchev–Trinajstić information content (AvgIpc) is 3.34. The number of methoxy groups -OCH3 is 1. The number of ether oxygens (including phenoxy) is 3. The molecule has 1 aliphatic carbocycles. The first-order valence-corrected chi connectivity index (χ1v) is 17.3. The number of fused-ring (bicyclic) bond motifs is 3. The van der Waals surface area contributed by atoms with E-state index in [4.69, 9.17) is 25.6 Å². The molecule has 4 heterocycles. The lowest BCUT2D eigenvalue weighted by atomic mass is 9.75. The number of hydrogen-bond acceptors (Lipinski definition) is 10. The van der Waals surface area contributed by atoms with Gasteiger partial charge in [-0.2, -0.15) is 9.97 Å². The van der Waals surface area contributed by atoms with Crippen LogP contribution in [0.3, 0.4) is 0 Å². The van der Waals surface area contributed by atoms with Gasteiger partial charge in [-0.05, 0) is 76.1 Å². The third kappa shape index (κ3) is 6.27. The molecule has 1 saturated carbocycles. The van der Waals surface area contributed by atoms with Gasteiger partial charge in [-0.15, -0.1) is 6.42 Å². The molecule has 50 heavy (non-hydrogen) atoms. The van der Waals surface area contributed by atoms with Gasteiger partial charge in [-0.1, -0.05) is 18.4 Å². The number of hydrogen-bond donors (Lipinski definition) is 2. The van der Waals surface area contributed by atoms with Crippen LogP contribution in [0.15, 0.2) is 24.3 Å². The molecule has 10 nitrogen and oxygen atoms in total. The zero-order valence-electron chi connectivity index (χ0n) is 28.8. The first kappa shape index (κ1) is 34.2. The molecule has 0 amide bonds. The van der Waals surface area contributed by atoms with Gasteiger partial charge >= 0.3 is 6.01 Å². The fourth-order valence-electron chi connectivity index (χ4n) is 8.34. The van der Waals surface area contributed by atoms with Gasteiger partial charge in [0.25, 0.3) is 0 Å². The summed E-state index contributed by atoms with van der Waals surface area (Å²) in [6.07, 6.45) is 11.4. The average molecular weight is 688 g/mol. The van der Waals surface area contributed by atoms with Crippen LogP contribution >= 0.6 is 0 Å². The highest BCUT2D eigenvalue weighted by atomic mass is 19.1. The second-order valence-corrected chi connectivity index (χ2v) is 14.4. The van der Waals surface area contributed by atoms with E-state index in [-0.39, 0.29) is 62.2 Å². The number of halogens is 2. The number of pyridine rings is 1. The van der Waals surface area contributed by atoms with Crippen LogP contribution in [0.5, 0.6) is 17.6 Å². The van der Waals surface area contributed by atoms with Crippen LogP contribution in [0, 0.1) is 29.4 Å². The molecule has 2 atom stereocenters. The number of likely N-dealkylation sites (tertiary alicyclic amines) is 1. The van der Waals surface area contributed by atoms with Gasteiger partial charge in [0.2, 0.25) is 5.88 Å². The van der Waals surface area contributed by atoms with Crippen molar-refractivity contribution < 1.29 is 33.2 Å². The summed E-state index contributed by atoms with van der Waals surface area (Å²) in [5, 5.41) is 22.2. The summed E-state index contributed by atoms with van der Waals surface area (Å²) in [6.45, 7) is 7.63. The lowest BCUT2D eigenvalue weighted by Crippen LogP contribution is -2.55. The molecule has 12 heteroatoms. The molecular weight excluding hydrogens is 644 g/mol. The Hall–Kier alpha value is -4.31. The predicted molar refractivity (Wildman–Crippen MR) is 187 cm³/mol. The Labute approximate surface area is 290 Å². The molecule has 3 fully saturated rings. The van der Waals surface area contributed by atoms with Gasteiger partial charge in [0.1, 0.15) is 34.0 Å². The van der Waals surface area contributed by atoms with Crippen molar-refractivity contribution in [3.63, 3.8) is 0 Å². The van der Waals surface area contributed by atoms with Crippen LogP contribution in [0.4, 0.5) is 14.6 Å². The molecule has 2 unspecified atom stereocenters. The molecule has 0 radical (unpaired) electrons. The molecule has 2 aliphatic heterocycles. The third-order valence-electron chi connectivity index (χ3n) is 10.4. The number of piperidine rings is 1. The summed E-state index contributed by atoms with van der Waals surface area (Å²) < 4.78 is 50.1. The summed E-state index contributed by atoms with van der Waals surface area (Å²) in [4.78, 5) is 18.5. The normalized spacial score (nSPS) is 21.6. The number of nitrogens with zero attached hydrogens (tertiary/aromatic N) is 5. The minimum Gasteiger partial charge on any atom is -0.508 e. The van der Waals surface area contributed by atoms with Crippen molar-refractivity contribution in [2.24, 2.45) is 5.41 Å². The highest BCUT2D eigenvalue weighted by molar-refractivity contribution is 6.04. The van der Waals surface area contributed by atoms with Crippen molar-refractivity contribution in [1.29, 1.82) is 0 Å². The Kier molecular flexibility index (Phi) is 9.18. The van der Waals surface area contributed by atoms with Crippen molar-refractivity contribution in [3.8, 4) is 41.2 Å². The van der Waals surface area contributed by atoms with Crippen molar-refractivity contribution in [2.75, 3.05) is 58.0 Å². The number of phenols is 1. The Morgan fingerprint density at radius 2 is 1.88 bits per heavy atom. The fraction of sp³-hybridized carbons (Fsp3) is 0.500. The summed E-state index contributed by atoms with van der Waals surface area (Å²) in [6, 6.07) is 5.69. The summed E-state index contributed by atoms with van der Waals surface area (Å²) >= 11 is 0. The van der Waals surface area contributed by atoms with E-state index in [1.165, 1.54) is 31.4 Å². The van der Waals surface area contributed by atoms with Crippen LogP contribution in [0.1, 0.15) is 57.9 Å². The molecule has 0 bridgehead atoms. The number of aliphatic hydroxyl groups is 1. The van der Waals surface area contributed by atoms with E-state index in [2.05, 4.69) is 20.8 Å². The Morgan fingerprint density at radius 3 is 2.66 bits per heavy atom. The number of phenolic OH excluding ortho intramolecular Hbond substituents is 1. The molecule has 3 aliphatic rings. The predicted octanol–water partition coefficient (Wildman–Crippen LogP) is 5.83. The van der Waals surface area contributed by atoms with Gasteiger partial charge in [0, 0.05) is 48.6 Å². The molecule has 0 spiro atoms. The van der Waals surface area contributed by atoms with Crippen molar-refractivity contribution in [2.45, 2.75) is 64.0 Å². The SMILES string of the molecule is C#Cc1c(F)ccc2cc(O)cc(-c3nc(OC)c4c(N5CCCOCC5)nc(OCC56CCCC5N(CC(C)(C)O)CCC6)nc4c3F)c12. The molecular formula is C38H43F2N5O5. The molecule has 2 saturated heterocycles. The minimum absolute atomic E-state index is 0.0199. The van der Waals surface area contributed by atoms with Gasteiger partial charge < -0.3 is 29.3 Å². The Balaban J connectivity index is 1.38. The van der Waals surface area contributed by atoms with Crippen LogP contribution in [-0.4, -0.2) is 94.8 Å². The maximum Gasteiger partial charge on any atom is 0.319 e. The first-order chi connectivity index (χ1) is 24.0. The Bertz CT molecular complexity index is 1970. The van der Waals surface area contributed by atoms with Crippen LogP contribution in [0.25, 0.3) is 32.9 Å². The largest absolute Gasteiger partial charge is 0.508 e. The van der Waals surface area contributed by atoms with Gasteiger partial charge in [0.15, 0.2) is 5.82 Å². The number of terminal acetylenes is 1. The number of aromatic hydroxyl groups is 1. The standard InChI is InChI=1S/C38H43F2N5O5/c1-5-25-27(39)11-10-23-19-24(46)20-26(29(23)25)32-31(40)33-30(35(41-32)48-4)34(44-15-8-17-49-18-16-44)43-36(42-33)50-22-38-12-6-9-28(38)45(14-7-13-38)21-37(2,3)47/h1,10-11,19-20,28,46-47H,6-9,12-18,21-22H2,2-4H3. The van der Waals surface area contributed by atoms with Gasteiger partial charge in [-0.25, -0.2) is 13.8 Å². The lowest BCUT2D eigenvalue weighted by molar-refractivity contribution is -0.0431. The lowest BCUT2D eigenvalue weighted by Gasteiger charge is -2.47. The molecule has 4 aromatic rings. The number of benzene rings is 2. The number of rotatable bonds is 8. The first-order valence-electron chi connectivity index (χ1n) is 17.3. The second kappa shape index (κ2) is 13.4. The summed E-state index contributed by atoms with van der Waals surface area (Å²) in [7, 11) is 1.43. The highest BCUT2D eigenvalue weighted by Gasteiger charge is 2.49. The van der Waals surface area contributed by atoms with Gasteiger partial charge in [-0.3, -0.25) is 4.90 Å². The van der Waals surface area contributed by atoms with Crippen LogP contribution < -0.4 is 14.4 Å². The van der Waals surface area contributed by atoms with Gasteiger partial charge in [0.05, 0.1) is 31.5 Å². The molecule has 2 N–H and O–H groups in total. The summed E-state index contributed by atoms with van der Waals surface area (Å²) in [5.74, 6) is 1.21. The fourth-order valence-corrected chi connectivity index (χ4v) is 8.34. The third-order valence-corrected chi connectivity index (χ3v) is 10.4. The number of aromatic nitrogens is 3. The quantitative estimate of drug-likeness (QED) is 0.220. The topological polar surface area (TPSA) is 113 Å². The van der Waals surface area contributed by atoms with E-state index >= 15 is 4.39 Å². The molecule has 2 aromatic carbocycles. The molecule has 2 aromatic heterocycles. The van der Waals surface area contributed by atoms with Crippen molar-refractivity contribution in [3.05, 3.63) is 41.5 Å².